The summed E-state index contributed by atoms with van der Waals surface area (Å²) in [6.45, 7) is 1.69. The van der Waals surface area contributed by atoms with E-state index in [9.17, 15) is 14.4 Å². The minimum atomic E-state index is -1.12. The van der Waals surface area contributed by atoms with Crippen LogP contribution in [0.5, 0.6) is 0 Å². The molecule has 0 aromatic rings. The van der Waals surface area contributed by atoms with Crippen LogP contribution in [0.25, 0.3) is 0 Å². The Hall–Kier alpha value is -1.21. The molecule has 0 unspecified atom stereocenters. The molecule has 0 spiro atoms. The van der Waals surface area contributed by atoms with Crippen LogP contribution in [-0.2, 0) is 14.4 Å². The van der Waals surface area contributed by atoms with Crippen LogP contribution in [-0.4, -0.2) is 50.8 Å². The minimum absolute atomic E-state index is 0.0279. The molecule has 18 heavy (non-hydrogen) atoms. The van der Waals surface area contributed by atoms with E-state index in [0.717, 1.165) is 0 Å². The quantitative estimate of drug-likeness (QED) is 0.564. The molecule has 0 radical (unpaired) electrons. The molecule has 2 amide bonds. The van der Waals surface area contributed by atoms with Crippen molar-refractivity contribution in [3.63, 3.8) is 0 Å². The van der Waals surface area contributed by atoms with E-state index in [2.05, 4.69) is 5.32 Å². The van der Waals surface area contributed by atoms with E-state index in [1.807, 2.05) is 0 Å². The van der Waals surface area contributed by atoms with Gasteiger partial charge in [0.1, 0.15) is 23.0 Å². The first kappa shape index (κ1) is 13.2. The molecule has 2 atom stereocenters. The van der Waals surface area contributed by atoms with Crippen LogP contribution in [0.3, 0.4) is 0 Å². The first-order valence-corrected chi connectivity index (χ1v) is 6.78. The number of β-lactam (4-membered cyclic amide) rings is 1. The molecule has 1 fully saturated rings. The average Bonchev–Trinajstić information content (AvgIpc) is 2.34. The van der Waals surface area contributed by atoms with Crippen molar-refractivity contribution in [2.75, 3.05) is 11.6 Å². The molecule has 0 saturated carbocycles. The molecule has 2 rings (SSSR count). The molecule has 2 heterocycles. The van der Waals surface area contributed by atoms with Crippen molar-refractivity contribution in [2.24, 2.45) is 0 Å². The van der Waals surface area contributed by atoms with Gasteiger partial charge >= 0.3 is 5.97 Å². The number of nitrogens with zero attached hydrogens (tertiary/aromatic N) is 1. The van der Waals surface area contributed by atoms with E-state index in [0.29, 0.717) is 11.3 Å². The van der Waals surface area contributed by atoms with Crippen LogP contribution in [0.1, 0.15) is 6.92 Å². The molecule has 2 N–H and O–H groups in total. The Morgan fingerprint density at radius 3 is 2.83 bits per heavy atom. The number of aliphatic carboxylic acids is 1. The third-order valence-electron chi connectivity index (χ3n) is 2.80. The van der Waals surface area contributed by atoms with Crippen LogP contribution < -0.4 is 5.32 Å². The van der Waals surface area contributed by atoms with Crippen molar-refractivity contribution >= 4 is 41.1 Å². The number of halogens is 1. The molecule has 1 saturated heterocycles. The Labute approximate surface area is 112 Å². The summed E-state index contributed by atoms with van der Waals surface area (Å²) in [5.74, 6) is -1.64. The fourth-order valence-corrected chi connectivity index (χ4v) is 3.36. The van der Waals surface area contributed by atoms with Crippen molar-refractivity contribution in [1.29, 1.82) is 0 Å². The molecule has 0 aromatic heterocycles. The van der Waals surface area contributed by atoms with Crippen molar-refractivity contribution < 1.29 is 19.5 Å². The summed E-state index contributed by atoms with van der Waals surface area (Å²) in [5, 5.41) is 11.2. The molecule has 0 aromatic carbocycles. The highest BCUT2D eigenvalue weighted by Crippen LogP contribution is 2.39. The van der Waals surface area contributed by atoms with Gasteiger partial charge < -0.3 is 10.4 Å². The summed E-state index contributed by atoms with van der Waals surface area (Å²) in [5.41, 5.74) is 0.680. The third-order valence-corrected chi connectivity index (χ3v) is 4.47. The number of carboxylic acid groups (broad SMARTS) is 1. The lowest BCUT2D eigenvalue weighted by Gasteiger charge is -2.49. The smallest absolute Gasteiger partial charge is 0.352 e. The summed E-state index contributed by atoms with van der Waals surface area (Å²) in [7, 11) is 0. The van der Waals surface area contributed by atoms with Crippen molar-refractivity contribution in [3.8, 4) is 0 Å². The monoisotopic (exact) mass is 290 g/mol. The van der Waals surface area contributed by atoms with Crippen molar-refractivity contribution in [1.82, 2.24) is 10.2 Å². The van der Waals surface area contributed by atoms with E-state index in [4.69, 9.17) is 16.7 Å². The van der Waals surface area contributed by atoms with Gasteiger partial charge in [0.2, 0.25) is 5.91 Å². The van der Waals surface area contributed by atoms with Crippen LogP contribution >= 0.6 is 23.4 Å². The zero-order chi connectivity index (χ0) is 13.4. The van der Waals surface area contributed by atoms with E-state index in [-0.39, 0.29) is 17.0 Å². The zero-order valence-electron chi connectivity index (χ0n) is 9.47. The summed E-state index contributed by atoms with van der Waals surface area (Å²) in [6.07, 6.45) is 0. The predicted molar refractivity (Wildman–Crippen MR) is 66.1 cm³/mol. The molecule has 2 aliphatic heterocycles. The SMILES string of the molecule is CC1=C(C(=O)O)N2C(=O)[C@@H](NC(=O)CCl)[C@H]2SC1. The fourth-order valence-electron chi connectivity index (χ4n) is 1.99. The highest BCUT2D eigenvalue weighted by molar-refractivity contribution is 8.00. The van der Waals surface area contributed by atoms with Gasteiger partial charge in [-0.2, -0.15) is 0 Å². The molecular formula is C10H11ClN2O4S. The lowest BCUT2D eigenvalue weighted by atomic mass is 10.0. The molecule has 98 valence electrons. The largest absolute Gasteiger partial charge is 0.477 e. The van der Waals surface area contributed by atoms with Gasteiger partial charge in [-0.05, 0) is 12.5 Å². The summed E-state index contributed by atoms with van der Waals surface area (Å²) >= 11 is 6.79. The first-order valence-electron chi connectivity index (χ1n) is 5.20. The molecule has 6 nitrogen and oxygen atoms in total. The summed E-state index contributed by atoms with van der Waals surface area (Å²) in [6, 6.07) is -0.677. The second kappa shape index (κ2) is 4.81. The van der Waals surface area contributed by atoms with Gasteiger partial charge in [0.15, 0.2) is 0 Å². The van der Waals surface area contributed by atoms with Gasteiger partial charge in [-0.1, -0.05) is 0 Å². The number of carboxylic acids is 1. The average molecular weight is 291 g/mol. The van der Waals surface area contributed by atoms with Gasteiger partial charge in [0, 0.05) is 5.75 Å². The number of carbonyl (C=O) groups excluding carboxylic acids is 2. The Morgan fingerprint density at radius 2 is 2.28 bits per heavy atom. The Balaban J connectivity index is 2.18. The Morgan fingerprint density at radius 1 is 1.61 bits per heavy atom. The van der Waals surface area contributed by atoms with E-state index >= 15 is 0 Å². The number of hydrogen-bond acceptors (Lipinski definition) is 4. The topological polar surface area (TPSA) is 86.7 Å². The minimum Gasteiger partial charge on any atom is -0.477 e. The lowest BCUT2D eigenvalue weighted by Crippen LogP contribution is -2.70. The van der Waals surface area contributed by atoms with Gasteiger partial charge in [-0.15, -0.1) is 23.4 Å². The predicted octanol–water partition coefficient (Wildman–Crippen LogP) is -0.0163. The van der Waals surface area contributed by atoms with Crippen LogP contribution in [0.4, 0.5) is 0 Å². The second-order valence-corrected chi connectivity index (χ2v) is 5.39. The number of alkyl halides is 1. The maximum Gasteiger partial charge on any atom is 0.352 e. The molecule has 8 heteroatoms. The first-order chi connectivity index (χ1) is 8.47. The van der Waals surface area contributed by atoms with Crippen molar-refractivity contribution in [2.45, 2.75) is 18.3 Å². The van der Waals surface area contributed by atoms with Crippen molar-refractivity contribution in [3.05, 3.63) is 11.3 Å². The van der Waals surface area contributed by atoms with Gasteiger partial charge in [-0.25, -0.2) is 4.79 Å². The number of rotatable bonds is 3. The van der Waals surface area contributed by atoms with Crippen LogP contribution in [0, 0.1) is 0 Å². The number of nitrogens with one attached hydrogen (secondary N) is 1. The number of carbonyl (C=O) groups is 3. The summed E-state index contributed by atoms with van der Waals surface area (Å²) in [4.78, 5) is 35.4. The van der Waals surface area contributed by atoms with E-state index in [1.165, 1.54) is 16.7 Å². The number of amides is 2. The highest BCUT2D eigenvalue weighted by Gasteiger charge is 2.53. The fraction of sp³-hybridized carbons (Fsp3) is 0.500. The van der Waals surface area contributed by atoms with E-state index in [1.54, 1.807) is 6.92 Å². The van der Waals surface area contributed by atoms with Gasteiger partial charge in [0.05, 0.1) is 0 Å². The van der Waals surface area contributed by atoms with Crippen LogP contribution in [0.15, 0.2) is 11.3 Å². The van der Waals surface area contributed by atoms with Gasteiger partial charge in [0.25, 0.3) is 5.91 Å². The normalized spacial score (nSPS) is 26.6. The standard InChI is InChI=1S/C10H11ClN2O4S/c1-4-3-18-9-6(12-5(14)2-11)8(15)13(9)7(4)10(16)17/h6,9H,2-3H2,1H3,(H,12,14)(H,16,17)/t6-,9-/m1/s1. The molecular weight excluding hydrogens is 280 g/mol. The van der Waals surface area contributed by atoms with E-state index < -0.39 is 23.8 Å². The molecule has 0 aliphatic carbocycles. The number of hydrogen-bond donors (Lipinski definition) is 2. The highest BCUT2D eigenvalue weighted by atomic mass is 35.5. The maximum absolute atomic E-state index is 11.9. The zero-order valence-corrected chi connectivity index (χ0v) is 11.0. The lowest BCUT2D eigenvalue weighted by molar-refractivity contribution is -0.150. The summed E-state index contributed by atoms with van der Waals surface area (Å²) < 4.78 is 0. The number of fused-ring (bicyclic) bond motifs is 1. The second-order valence-electron chi connectivity index (χ2n) is 4.02. The van der Waals surface area contributed by atoms with Crippen LogP contribution in [0.2, 0.25) is 0 Å². The Kier molecular flexibility index (Phi) is 3.54. The third kappa shape index (κ3) is 1.97. The molecule has 2 aliphatic rings. The maximum atomic E-state index is 11.9. The Bertz CT molecular complexity index is 465. The molecule has 0 bridgehead atoms. The number of thioether (sulfide) groups is 1. The van der Waals surface area contributed by atoms with Gasteiger partial charge in [-0.3, -0.25) is 14.5 Å².